The number of likely N-dealkylation sites (N-methyl/N-ethyl adjacent to an activating group) is 1. The smallest absolute Gasteiger partial charge is 0.329 e. The summed E-state index contributed by atoms with van der Waals surface area (Å²) in [4.78, 5) is 22.6. The lowest BCUT2D eigenvalue weighted by Gasteiger charge is -2.14. The number of hydrogen-bond acceptors (Lipinski definition) is 5. The first-order chi connectivity index (χ1) is 13.0. The molecular formula is C18H17ClFN3O4. The van der Waals surface area contributed by atoms with Crippen LogP contribution in [0.3, 0.4) is 0 Å². The number of carbonyl (C=O) groups is 2. The number of hydrazone groups is 1. The minimum Gasteiger partial charge on any atom is -0.493 e. The molecule has 2 N–H and O–H groups in total. The van der Waals surface area contributed by atoms with E-state index in [4.69, 9.17) is 21.1 Å². The Morgan fingerprint density at radius 1 is 1.22 bits per heavy atom. The first-order valence-corrected chi connectivity index (χ1v) is 8.13. The van der Waals surface area contributed by atoms with Crippen molar-refractivity contribution in [2.24, 2.45) is 5.10 Å². The molecule has 0 radical (unpaired) electrons. The molecule has 0 fully saturated rings. The highest BCUT2D eigenvalue weighted by Gasteiger charge is 2.14. The topological polar surface area (TPSA) is 89.0 Å². The van der Waals surface area contributed by atoms with Crippen molar-refractivity contribution in [3.8, 4) is 11.5 Å². The Labute approximate surface area is 160 Å². The van der Waals surface area contributed by atoms with Gasteiger partial charge in [-0.1, -0.05) is 23.7 Å². The number of hydrogen-bond donors (Lipinski definition) is 2. The van der Waals surface area contributed by atoms with Gasteiger partial charge < -0.3 is 14.8 Å². The van der Waals surface area contributed by atoms with E-state index in [1.165, 1.54) is 32.5 Å². The summed E-state index contributed by atoms with van der Waals surface area (Å²) in [5.74, 6) is -1.59. The number of rotatable bonds is 6. The van der Waals surface area contributed by atoms with Gasteiger partial charge in [-0.15, -0.1) is 0 Å². The van der Waals surface area contributed by atoms with Crippen LogP contribution in [0.25, 0.3) is 0 Å². The van der Waals surface area contributed by atoms with Gasteiger partial charge in [-0.25, -0.2) is 9.82 Å². The van der Waals surface area contributed by atoms with E-state index in [2.05, 4.69) is 15.8 Å². The third kappa shape index (κ3) is 5.18. The Morgan fingerprint density at radius 3 is 2.63 bits per heavy atom. The molecule has 2 aromatic carbocycles. The van der Waals surface area contributed by atoms with Crippen LogP contribution in [0.15, 0.2) is 41.5 Å². The van der Waals surface area contributed by atoms with Crippen LogP contribution in [0, 0.1) is 5.82 Å². The van der Waals surface area contributed by atoms with Crippen molar-refractivity contribution in [3.05, 3.63) is 58.4 Å². The van der Waals surface area contributed by atoms with Gasteiger partial charge in [0.1, 0.15) is 12.4 Å². The van der Waals surface area contributed by atoms with E-state index >= 15 is 0 Å². The monoisotopic (exact) mass is 393 g/mol. The number of nitrogens with one attached hydrogen (secondary N) is 2. The second-order valence-corrected chi connectivity index (χ2v) is 5.55. The van der Waals surface area contributed by atoms with Crippen LogP contribution in [0.4, 0.5) is 4.39 Å². The van der Waals surface area contributed by atoms with E-state index in [0.717, 1.165) is 0 Å². The number of amides is 2. The number of benzene rings is 2. The van der Waals surface area contributed by atoms with Gasteiger partial charge in [0.25, 0.3) is 0 Å². The lowest BCUT2D eigenvalue weighted by atomic mass is 10.2. The maximum Gasteiger partial charge on any atom is 0.329 e. The largest absolute Gasteiger partial charge is 0.493 e. The highest BCUT2D eigenvalue weighted by molar-refractivity contribution is 6.35. The number of ether oxygens (including phenoxy) is 2. The Morgan fingerprint density at radius 2 is 1.96 bits per heavy atom. The standard InChI is InChI=1S/C18H17ClFN3O4/c1-21-17(24)18(25)23-22-9-11-5-3-8-15(26-2)16(11)27-10-12-13(19)6-4-7-14(12)20/h3-9H,10H2,1-2H3,(H,21,24)(H,23,25)/b22-9-. The van der Waals surface area contributed by atoms with Gasteiger partial charge in [0.05, 0.1) is 18.3 Å². The van der Waals surface area contributed by atoms with Gasteiger partial charge in [-0.3, -0.25) is 9.59 Å². The highest BCUT2D eigenvalue weighted by Crippen LogP contribution is 2.31. The molecule has 0 bridgehead atoms. The molecule has 2 aromatic rings. The summed E-state index contributed by atoms with van der Waals surface area (Å²) >= 11 is 6.01. The normalized spacial score (nSPS) is 10.5. The molecule has 0 saturated heterocycles. The average Bonchev–Trinajstić information content (AvgIpc) is 2.67. The summed E-state index contributed by atoms with van der Waals surface area (Å²) in [7, 11) is 2.78. The number of carbonyl (C=O) groups excluding carboxylic acids is 2. The predicted molar refractivity (Wildman–Crippen MR) is 98.5 cm³/mol. The van der Waals surface area contributed by atoms with Crippen molar-refractivity contribution in [1.29, 1.82) is 0 Å². The Bertz CT molecular complexity index is 853. The lowest BCUT2D eigenvalue weighted by molar-refractivity contribution is -0.138. The average molecular weight is 394 g/mol. The van der Waals surface area contributed by atoms with Gasteiger partial charge in [-0.05, 0) is 24.3 Å². The molecule has 0 atom stereocenters. The van der Waals surface area contributed by atoms with Crippen molar-refractivity contribution in [2.45, 2.75) is 6.61 Å². The fraction of sp³-hybridized carbons (Fsp3) is 0.167. The van der Waals surface area contributed by atoms with Crippen molar-refractivity contribution in [1.82, 2.24) is 10.7 Å². The SMILES string of the molecule is CNC(=O)C(=O)N/N=C\c1cccc(OC)c1OCc1c(F)cccc1Cl. The second-order valence-electron chi connectivity index (χ2n) is 5.15. The van der Waals surface area contributed by atoms with E-state index in [-0.39, 0.29) is 22.9 Å². The second kappa shape index (κ2) is 9.54. The summed E-state index contributed by atoms with van der Waals surface area (Å²) in [6.07, 6.45) is 1.28. The zero-order chi connectivity index (χ0) is 19.8. The Hall–Kier alpha value is -3.13. The number of methoxy groups -OCH3 is 1. The van der Waals surface area contributed by atoms with Crippen LogP contribution >= 0.6 is 11.6 Å². The number of para-hydroxylation sites is 1. The predicted octanol–water partition coefficient (Wildman–Crippen LogP) is 2.26. The molecule has 0 spiro atoms. The zero-order valence-electron chi connectivity index (χ0n) is 14.6. The number of nitrogens with zero attached hydrogens (tertiary/aromatic N) is 1. The lowest BCUT2D eigenvalue weighted by Crippen LogP contribution is -2.35. The fourth-order valence-electron chi connectivity index (χ4n) is 2.09. The van der Waals surface area contributed by atoms with E-state index in [1.54, 1.807) is 24.3 Å². The van der Waals surface area contributed by atoms with Crippen LogP contribution in [0.5, 0.6) is 11.5 Å². The summed E-state index contributed by atoms with van der Waals surface area (Å²) in [6, 6.07) is 9.32. The number of halogens is 2. The summed E-state index contributed by atoms with van der Waals surface area (Å²) < 4.78 is 24.9. The maximum atomic E-state index is 13.9. The van der Waals surface area contributed by atoms with Crippen LogP contribution in [0.1, 0.15) is 11.1 Å². The summed E-state index contributed by atoms with van der Waals surface area (Å²) in [6.45, 7) is -0.142. The molecule has 0 saturated carbocycles. The first-order valence-electron chi connectivity index (χ1n) is 7.75. The van der Waals surface area contributed by atoms with E-state index in [0.29, 0.717) is 11.3 Å². The molecule has 9 heteroatoms. The molecule has 2 amide bonds. The summed E-state index contributed by atoms with van der Waals surface area (Å²) in [5.41, 5.74) is 2.72. The summed E-state index contributed by atoms with van der Waals surface area (Å²) in [5, 5.41) is 6.12. The van der Waals surface area contributed by atoms with Gasteiger partial charge in [0, 0.05) is 18.2 Å². The van der Waals surface area contributed by atoms with Crippen LogP contribution in [-0.2, 0) is 16.2 Å². The molecule has 0 aliphatic carbocycles. The Kier molecular flexibility index (Phi) is 7.13. The van der Waals surface area contributed by atoms with Crippen molar-refractivity contribution in [3.63, 3.8) is 0 Å². The molecule has 7 nitrogen and oxygen atoms in total. The third-order valence-corrected chi connectivity index (χ3v) is 3.81. The van der Waals surface area contributed by atoms with Gasteiger partial charge in [0.2, 0.25) is 0 Å². The molecule has 2 rings (SSSR count). The maximum absolute atomic E-state index is 13.9. The molecule has 0 heterocycles. The Balaban J connectivity index is 2.22. The van der Waals surface area contributed by atoms with Crippen LogP contribution in [0.2, 0.25) is 5.02 Å². The van der Waals surface area contributed by atoms with Crippen molar-refractivity contribution >= 4 is 29.6 Å². The van der Waals surface area contributed by atoms with E-state index in [1.807, 2.05) is 0 Å². The molecule has 0 aromatic heterocycles. The van der Waals surface area contributed by atoms with Crippen LogP contribution in [-0.4, -0.2) is 32.2 Å². The van der Waals surface area contributed by atoms with Gasteiger partial charge >= 0.3 is 11.8 Å². The first kappa shape index (κ1) is 20.2. The highest BCUT2D eigenvalue weighted by atomic mass is 35.5. The van der Waals surface area contributed by atoms with Crippen molar-refractivity contribution in [2.75, 3.05) is 14.2 Å². The van der Waals surface area contributed by atoms with Crippen molar-refractivity contribution < 1.29 is 23.5 Å². The van der Waals surface area contributed by atoms with Gasteiger partial charge in [-0.2, -0.15) is 5.10 Å². The molecule has 142 valence electrons. The third-order valence-electron chi connectivity index (χ3n) is 3.45. The molecule has 0 aliphatic rings. The minimum atomic E-state index is -0.919. The van der Waals surface area contributed by atoms with E-state index in [9.17, 15) is 14.0 Å². The molecule has 27 heavy (non-hydrogen) atoms. The molecule has 0 aliphatic heterocycles. The minimum absolute atomic E-state index is 0.142. The van der Waals surface area contributed by atoms with Gasteiger partial charge in [0.15, 0.2) is 11.5 Å². The fourth-order valence-corrected chi connectivity index (χ4v) is 2.31. The molecular weight excluding hydrogens is 377 g/mol. The molecule has 0 unspecified atom stereocenters. The van der Waals surface area contributed by atoms with E-state index < -0.39 is 17.6 Å². The quantitative estimate of drug-likeness (QED) is 0.447. The van der Waals surface area contributed by atoms with Crippen LogP contribution < -0.4 is 20.2 Å². The zero-order valence-corrected chi connectivity index (χ0v) is 15.3.